The van der Waals surface area contributed by atoms with Crippen molar-refractivity contribution in [2.45, 2.75) is 67.7 Å². The van der Waals surface area contributed by atoms with Gasteiger partial charge in [-0.05, 0) is 29.6 Å². The van der Waals surface area contributed by atoms with Crippen LogP contribution in [0, 0.1) is 23.2 Å². The minimum Gasteiger partial charge on any atom is -0.0654 e. The van der Waals surface area contributed by atoms with E-state index < -0.39 is 0 Å². The predicted molar refractivity (Wildman–Crippen MR) is 66.5 cm³/mol. The first-order valence-corrected chi connectivity index (χ1v) is 6.32. The summed E-state index contributed by atoms with van der Waals surface area (Å²) in [5.41, 5.74) is 0.488. The topological polar surface area (TPSA) is 0 Å². The molecule has 0 nitrogen and oxygen atoms in total. The van der Waals surface area contributed by atoms with E-state index in [-0.39, 0.29) is 0 Å². The highest BCUT2D eigenvalue weighted by molar-refractivity contribution is 4.79. The molecular weight excluding hydrogens is 168 g/mol. The van der Waals surface area contributed by atoms with Gasteiger partial charge in [0.1, 0.15) is 0 Å². The molecule has 0 aromatic rings. The summed E-state index contributed by atoms with van der Waals surface area (Å²) in [6.45, 7) is 16.6. The van der Waals surface area contributed by atoms with Crippen molar-refractivity contribution in [1.29, 1.82) is 0 Å². The van der Waals surface area contributed by atoms with Crippen molar-refractivity contribution in [2.75, 3.05) is 0 Å². The van der Waals surface area contributed by atoms with Crippen LogP contribution in [0.15, 0.2) is 0 Å². The van der Waals surface area contributed by atoms with Crippen molar-refractivity contribution in [3.8, 4) is 0 Å². The Kier molecular flexibility index (Phi) is 5.78. The third kappa shape index (κ3) is 4.02. The third-order valence-corrected chi connectivity index (χ3v) is 4.30. The summed E-state index contributed by atoms with van der Waals surface area (Å²) < 4.78 is 0. The molecule has 0 bridgehead atoms. The van der Waals surface area contributed by atoms with Crippen molar-refractivity contribution in [2.24, 2.45) is 23.2 Å². The van der Waals surface area contributed by atoms with Crippen LogP contribution in [0.4, 0.5) is 0 Å². The summed E-state index contributed by atoms with van der Waals surface area (Å²) in [7, 11) is 0. The van der Waals surface area contributed by atoms with E-state index in [1.165, 1.54) is 19.3 Å². The van der Waals surface area contributed by atoms with Gasteiger partial charge < -0.3 is 0 Å². The van der Waals surface area contributed by atoms with Gasteiger partial charge in [0.15, 0.2) is 0 Å². The lowest BCUT2D eigenvalue weighted by molar-refractivity contribution is 0.127. The van der Waals surface area contributed by atoms with Crippen molar-refractivity contribution in [3.63, 3.8) is 0 Å². The van der Waals surface area contributed by atoms with Crippen LogP contribution in [-0.4, -0.2) is 0 Å². The molecular formula is C14H30. The molecule has 0 fully saturated rings. The number of rotatable bonds is 6. The zero-order chi connectivity index (χ0) is 11.4. The zero-order valence-corrected chi connectivity index (χ0v) is 11.4. The summed E-state index contributed by atoms with van der Waals surface area (Å²) in [6.07, 6.45) is 4.10. The predicted octanol–water partition coefficient (Wildman–Crippen LogP) is 5.13. The molecule has 0 saturated heterocycles. The van der Waals surface area contributed by atoms with E-state index in [4.69, 9.17) is 0 Å². The second-order valence-corrected chi connectivity index (χ2v) is 6.01. The van der Waals surface area contributed by atoms with E-state index in [9.17, 15) is 0 Å². The molecule has 0 N–H and O–H groups in total. The van der Waals surface area contributed by atoms with Crippen LogP contribution in [0.1, 0.15) is 67.7 Å². The molecule has 0 amide bonds. The molecule has 0 spiro atoms. The Balaban J connectivity index is 4.12. The van der Waals surface area contributed by atoms with E-state index in [0.717, 1.165) is 17.8 Å². The molecule has 14 heavy (non-hydrogen) atoms. The Bertz CT molecular complexity index is 144. The van der Waals surface area contributed by atoms with Gasteiger partial charge in [-0.2, -0.15) is 0 Å². The fourth-order valence-corrected chi connectivity index (χ4v) is 2.09. The Morgan fingerprint density at radius 2 is 1.50 bits per heavy atom. The lowest BCUT2D eigenvalue weighted by atomic mass is 9.68. The highest BCUT2D eigenvalue weighted by atomic mass is 14.3. The van der Waals surface area contributed by atoms with E-state index >= 15 is 0 Å². The summed E-state index contributed by atoms with van der Waals surface area (Å²) >= 11 is 0. The van der Waals surface area contributed by atoms with Gasteiger partial charge >= 0.3 is 0 Å². The van der Waals surface area contributed by atoms with E-state index in [1.54, 1.807) is 0 Å². The molecule has 0 heteroatoms. The van der Waals surface area contributed by atoms with E-state index in [0.29, 0.717) is 5.41 Å². The molecule has 0 radical (unpaired) electrons. The number of hydrogen-bond acceptors (Lipinski definition) is 0. The zero-order valence-electron chi connectivity index (χ0n) is 11.4. The van der Waals surface area contributed by atoms with Crippen LogP contribution >= 0.6 is 0 Å². The Morgan fingerprint density at radius 3 is 1.86 bits per heavy atom. The number of hydrogen-bond donors (Lipinski definition) is 0. The van der Waals surface area contributed by atoms with Crippen LogP contribution in [0.25, 0.3) is 0 Å². The van der Waals surface area contributed by atoms with Gasteiger partial charge in [0.25, 0.3) is 0 Å². The lowest BCUT2D eigenvalue weighted by Crippen LogP contribution is -2.28. The molecule has 2 unspecified atom stereocenters. The highest BCUT2D eigenvalue weighted by Gasteiger charge is 2.29. The summed E-state index contributed by atoms with van der Waals surface area (Å²) in [5.74, 6) is 2.52. The minimum absolute atomic E-state index is 0.488. The monoisotopic (exact) mass is 198 g/mol. The summed E-state index contributed by atoms with van der Waals surface area (Å²) in [6, 6.07) is 0. The Morgan fingerprint density at radius 1 is 1.00 bits per heavy atom. The van der Waals surface area contributed by atoms with Crippen LogP contribution in [-0.2, 0) is 0 Å². The normalized spacial score (nSPS) is 17.1. The van der Waals surface area contributed by atoms with Gasteiger partial charge in [0, 0.05) is 0 Å². The average molecular weight is 198 g/mol. The largest absolute Gasteiger partial charge is 0.0654 e. The molecule has 0 rings (SSSR count). The molecule has 0 saturated carbocycles. The van der Waals surface area contributed by atoms with Gasteiger partial charge in [-0.25, -0.2) is 0 Å². The van der Waals surface area contributed by atoms with Crippen LogP contribution in [0.5, 0.6) is 0 Å². The molecule has 0 aromatic heterocycles. The first-order chi connectivity index (χ1) is 6.32. The maximum Gasteiger partial charge on any atom is -0.0305 e. The maximum absolute atomic E-state index is 2.42. The van der Waals surface area contributed by atoms with Crippen LogP contribution in [0.2, 0.25) is 0 Å². The molecule has 0 aliphatic heterocycles. The molecule has 2 atom stereocenters. The molecule has 0 aromatic carbocycles. The van der Waals surface area contributed by atoms with E-state index in [2.05, 4.69) is 48.5 Å². The van der Waals surface area contributed by atoms with Crippen LogP contribution < -0.4 is 0 Å². The third-order valence-electron chi connectivity index (χ3n) is 4.30. The van der Waals surface area contributed by atoms with Crippen LogP contribution in [0.3, 0.4) is 0 Å². The fraction of sp³-hybridized carbons (Fsp3) is 1.00. The Hall–Kier alpha value is 0. The maximum atomic E-state index is 2.42. The highest BCUT2D eigenvalue weighted by Crippen LogP contribution is 2.38. The molecule has 0 heterocycles. The molecule has 86 valence electrons. The van der Waals surface area contributed by atoms with Crippen molar-refractivity contribution in [3.05, 3.63) is 0 Å². The van der Waals surface area contributed by atoms with Gasteiger partial charge in [-0.1, -0.05) is 61.3 Å². The summed E-state index contributed by atoms with van der Waals surface area (Å²) in [5, 5.41) is 0. The second kappa shape index (κ2) is 5.78. The average Bonchev–Trinajstić information content (AvgIpc) is 2.03. The minimum atomic E-state index is 0.488. The van der Waals surface area contributed by atoms with Crippen molar-refractivity contribution < 1.29 is 0 Å². The van der Waals surface area contributed by atoms with Crippen molar-refractivity contribution >= 4 is 0 Å². The lowest BCUT2D eigenvalue weighted by Gasteiger charge is -2.37. The first-order valence-electron chi connectivity index (χ1n) is 6.32. The standard InChI is InChI=1S/C14H30/c1-8-9-12(4)10-13(5)14(6,7)11(2)3/h11-13H,8-10H2,1-7H3. The van der Waals surface area contributed by atoms with Crippen molar-refractivity contribution in [1.82, 2.24) is 0 Å². The van der Waals surface area contributed by atoms with Gasteiger partial charge in [0.2, 0.25) is 0 Å². The molecule has 0 aliphatic rings. The SMILES string of the molecule is CCCC(C)CC(C)C(C)(C)C(C)C. The molecule has 0 aliphatic carbocycles. The van der Waals surface area contributed by atoms with Gasteiger partial charge in [-0.15, -0.1) is 0 Å². The Labute approximate surface area is 91.5 Å². The quantitative estimate of drug-likeness (QED) is 0.555. The van der Waals surface area contributed by atoms with E-state index in [1.807, 2.05) is 0 Å². The fourth-order valence-electron chi connectivity index (χ4n) is 2.09. The first kappa shape index (κ1) is 14.0. The second-order valence-electron chi connectivity index (χ2n) is 6.01. The smallest absolute Gasteiger partial charge is 0.0305 e. The van der Waals surface area contributed by atoms with Gasteiger partial charge in [-0.3, -0.25) is 0 Å². The summed E-state index contributed by atoms with van der Waals surface area (Å²) in [4.78, 5) is 0. The van der Waals surface area contributed by atoms with Gasteiger partial charge in [0.05, 0.1) is 0 Å².